The van der Waals surface area contributed by atoms with Gasteiger partial charge in [-0.2, -0.15) is 4.31 Å². The van der Waals surface area contributed by atoms with Crippen molar-refractivity contribution in [2.24, 2.45) is 5.92 Å². The fourth-order valence-corrected chi connectivity index (χ4v) is 6.12. The van der Waals surface area contributed by atoms with Crippen LogP contribution in [0.2, 0.25) is 5.02 Å². The van der Waals surface area contributed by atoms with Crippen LogP contribution in [0.4, 0.5) is 4.39 Å². The lowest BCUT2D eigenvalue weighted by Crippen LogP contribution is -2.46. The van der Waals surface area contributed by atoms with Gasteiger partial charge in [0.1, 0.15) is 16.8 Å². The maximum Gasteiger partial charge on any atom is 0.322 e. The molecule has 1 aliphatic heterocycles. The number of carboxylic acid groups (broad SMARTS) is 1. The molecule has 0 radical (unpaired) electrons. The van der Waals surface area contributed by atoms with E-state index in [1.54, 1.807) is 0 Å². The highest BCUT2D eigenvalue weighted by Gasteiger charge is 2.51. The summed E-state index contributed by atoms with van der Waals surface area (Å²) in [6.07, 6.45) is 3.57. The molecule has 0 aromatic heterocycles. The molecule has 3 rings (SSSR count). The fourth-order valence-electron chi connectivity index (χ4n) is 3.76. The van der Waals surface area contributed by atoms with E-state index in [9.17, 15) is 22.7 Å². The van der Waals surface area contributed by atoms with Crippen LogP contribution in [0.15, 0.2) is 23.1 Å². The Morgan fingerprint density at radius 2 is 2.00 bits per heavy atom. The second-order valence-electron chi connectivity index (χ2n) is 6.11. The van der Waals surface area contributed by atoms with Crippen LogP contribution >= 0.6 is 11.6 Å². The largest absolute Gasteiger partial charge is 0.480 e. The van der Waals surface area contributed by atoms with Crippen LogP contribution in [0.25, 0.3) is 0 Å². The lowest BCUT2D eigenvalue weighted by molar-refractivity contribution is -0.141. The monoisotopic (exact) mass is 361 g/mol. The molecule has 0 spiro atoms. The second-order valence-corrected chi connectivity index (χ2v) is 8.33. The topological polar surface area (TPSA) is 74.7 Å². The Kier molecular flexibility index (Phi) is 4.37. The summed E-state index contributed by atoms with van der Waals surface area (Å²) in [5, 5.41) is 9.35. The molecule has 1 N–H and O–H groups in total. The van der Waals surface area contributed by atoms with E-state index in [2.05, 4.69) is 0 Å². The Balaban J connectivity index is 2.08. The van der Waals surface area contributed by atoms with Crippen molar-refractivity contribution in [2.75, 3.05) is 0 Å². The first-order valence-corrected chi connectivity index (χ1v) is 9.35. The number of carboxylic acids is 1. The molecule has 1 heterocycles. The third-order valence-electron chi connectivity index (χ3n) is 4.76. The Bertz CT molecular complexity index is 739. The van der Waals surface area contributed by atoms with Gasteiger partial charge in [-0.1, -0.05) is 24.4 Å². The van der Waals surface area contributed by atoms with Crippen molar-refractivity contribution < 1.29 is 22.7 Å². The lowest BCUT2D eigenvalue weighted by atomic mass is 9.85. The van der Waals surface area contributed by atoms with Gasteiger partial charge in [-0.25, -0.2) is 12.8 Å². The summed E-state index contributed by atoms with van der Waals surface area (Å²) in [5.74, 6) is -1.86. The van der Waals surface area contributed by atoms with Crippen LogP contribution in [-0.2, 0) is 14.8 Å². The van der Waals surface area contributed by atoms with Gasteiger partial charge in [0.05, 0.1) is 5.02 Å². The molecule has 126 valence electrons. The first-order valence-electron chi connectivity index (χ1n) is 7.54. The van der Waals surface area contributed by atoms with Crippen molar-refractivity contribution in [3.05, 3.63) is 29.0 Å². The van der Waals surface area contributed by atoms with Gasteiger partial charge in [0.25, 0.3) is 0 Å². The average molecular weight is 362 g/mol. The van der Waals surface area contributed by atoms with Gasteiger partial charge in [0, 0.05) is 6.04 Å². The highest BCUT2D eigenvalue weighted by molar-refractivity contribution is 7.89. The average Bonchev–Trinajstić information content (AvgIpc) is 2.90. The summed E-state index contributed by atoms with van der Waals surface area (Å²) >= 11 is 5.94. The Morgan fingerprint density at radius 1 is 1.30 bits per heavy atom. The molecule has 2 fully saturated rings. The number of carbonyl (C=O) groups is 1. The summed E-state index contributed by atoms with van der Waals surface area (Å²) < 4.78 is 40.5. The van der Waals surface area contributed by atoms with Crippen molar-refractivity contribution in [3.63, 3.8) is 0 Å². The van der Waals surface area contributed by atoms with Gasteiger partial charge < -0.3 is 5.11 Å². The van der Waals surface area contributed by atoms with Gasteiger partial charge in [-0.3, -0.25) is 4.79 Å². The van der Waals surface area contributed by atoms with Crippen LogP contribution < -0.4 is 0 Å². The predicted molar refractivity (Wildman–Crippen MR) is 82.2 cm³/mol. The molecule has 0 bridgehead atoms. The van der Waals surface area contributed by atoms with E-state index in [1.165, 1.54) is 6.07 Å². The number of nitrogens with zero attached hydrogens (tertiary/aromatic N) is 1. The minimum absolute atomic E-state index is 0.0342. The normalized spacial score (nSPS) is 28.5. The van der Waals surface area contributed by atoms with Gasteiger partial charge in [-0.15, -0.1) is 0 Å². The van der Waals surface area contributed by atoms with Crippen LogP contribution in [0.1, 0.15) is 32.1 Å². The standard InChI is InChI=1S/C15H17ClFNO4S/c16-11-6-5-10(17)8-14(11)23(21,22)18-12-4-2-1-3-9(12)7-13(18)15(19)20/h5-6,8-9,12-13H,1-4,7H2,(H,19,20). The molecule has 1 saturated heterocycles. The van der Waals surface area contributed by atoms with Crippen LogP contribution in [0, 0.1) is 11.7 Å². The van der Waals surface area contributed by atoms with Crippen molar-refractivity contribution >= 4 is 27.6 Å². The third kappa shape index (κ3) is 2.86. The highest BCUT2D eigenvalue weighted by Crippen LogP contribution is 2.43. The summed E-state index contributed by atoms with van der Waals surface area (Å²) in [5.41, 5.74) is 0. The summed E-state index contributed by atoms with van der Waals surface area (Å²) in [6, 6.07) is 1.63. The number of sulfonamides is 1. The van der Waals surface area contributed by atoms with Crippen LogP contribution in [0.5, 0.6) is 0 Å². The Labute approximate surface area is 139 Å². The zero-order valence-electron chi connectivity index (χ0n) is 12.3. The molecular formula is C15H17ClFNO4S. The van der Waals surface area contributed by atoms with Crippen molar-refractivity contribution in [1.82, 2.24) is 4.31 Å². The highest BCUT2D eigenvalue weighted by atomic mass is 35.5. The minimum atomic E-state index is -4.18. The zero-order valence-corrected chi connectivity index (χ0v) is 13.9. The van der Waals surface area contributed by atoms with E-state index < -0.39 is 27.9 Å². The number of aliphatic carboxylic acids is 1. The van der Waals surface area contributed by atoms with Gasteiger partial charge in [0.15, 0.2) is 0 Å². The maximum atomic E-state index is 13.5. The summed E-state index contributed by atoms with van der Waals surface area (Å²) in [6.45, 7) is 0. The molecule has 23 heavy (non-hydrogen) atoms. The van der Waals surface area contributed by atoms with Crippen LogP contribution in [-0.4, -0.2) is 35.9 Å². The fraction of sp³-hybridized carbons (Fsp3) is 0.533. The Hall–Kier alpha value is -1.18. The first kappa shape index (κ1) is 16.7. The number of benzene rings is 1. The molecule has 8 heteroatoms. The van der Waals surface area contributed by atoms with E-state index in [4.69, 9.17) is 11.6 Å². The maximum absolute atomic E-state index is 13.5. The van der Waals surface area contributed by atoms with Crippen molar-refractivity contribution in [2.45, 2.75) is 49.1 Å². The van der Waals surface area contributed by atoms with E-state index >= 15 is 0 Å². The van der Waals surface area contributed by atoms with E-state index in [0.29, 0.717) is 12.8 Å². The van der Waals surface area contributed by atoms with E-state index in [1.807, 2.05) is 0 Å². The van der Waals surface area contributed by atoms with Gasteiger partial charge in [0.2, 0.25) is 10.0 Å². The molecule has 0 amide bonds. The predicted octanol–water partition coefficient (Wildman–Crippen LogP) is 2.89. The third-order valence-corrected chi connectivity index (χ3v) is 7.18. The molecule has 3 atom stereocenters. The number of fused-ring (bicyclic) bond motifs is 1. The second kappa shape index (κ2) is 6.03. The van der Waals surface area contributed by atoms with Crippen LogP contribution in [0.3, 0.4) is 0 Å². The first-order chi connectivity index (χ1) is 10.8. The van der Waals surface area contributed by atoms with Gasteiger partial charge >= 0.3 is 5.97 Å². The van der Waals surface area contributed by atoms with Crippen molar-refractivity contribution in [1.29, 1.82) is 0 Å². The van der Waals surface area contributed by atoms with E-state index in [0.717, 1.165) is 35.7 Å². The number of hydrogen-bond donors (Lipinski definition) is 1. The lowest BCUT2D eigenvalue weighted by Gasteiger charge is -2.32. The SMILES string of the molecule is O=C(O)C1CC2CCCCC2N1S(=O)(=O)c1cc(F)ccc1Cl. The quantitative estimate of drug-likeness (QED) is 0.898. The van der Waals surface area contributed by atoms with Crippen molar-refractivity contribution in [3.8, 4) is 0 Å². The van der Waals surface area contributed by atoms with Gasteiger partial charge in [-0.05, 0) is 43.4 Å². The molecule has 1 aromatic rings. The molecule has 1 saturated carbocycles. The summed E-state index contributed by atoms with van der Waals surface area (Å²) in [7, 11) is -4.18. The number of rotatable bonds is 3. The number of hydrogen-bond acceptors (Lipinski definition) is 3. The smallest absolute Gasteiger partial charge is 0.322 e. The molecule has 2 aliphatic rings. The zero-order chi connectivity index (χ0) is 16.8. The van der Waals surface area contributed by atoms with E-state index in [-0.39, 0.29) is 21.9 Å². The molecule has 1 aliphatic carbocycles. The molecule has 1 aromatic carbocycles. The number of halogens is 2. The molecule has 3 unspecified atom stereocenters. The molecular weight excluding hydrogens is 345 g/mol. The molecule has 5 nitrogen and oxygen atoms in total. The summed E-state index contributed by atoms with van der Waals surface area (Å²) in [4.78, 5) is 11.2. The minimum Gasteiger partial charge on any atom is -0.480 e. The Morgan fingerprint density at radius 3 is 2.70 bits per heavy atom.